The lowest BCUT2D eigenvalue weighted by Gasteiger charge is -2.34. The van der Waals surface area contributed by atoms with E-state index in [0.717, 1.165) is 0 Å². The highest BCUT2D eigenvalue weighted by atomic mass is 14.5. The summed E-state index contributed by atoms with van der Waals surface area (Å²) in [7, 11) is 0. The summed E-state index contributed by atoms with van der Waals surface area (Å²) in [4.78, 5) is 0. The van der Waals surface area contributed by atoms with Crippen LogP contribution in [0.4, 0.5) is 0 Å². The van der Waals surface area contributed by atoms with Gasteiger partial charge in [-0.05, 0) is 72.8 Å². The van der Waals surface area contributed by atoms with E-state index in [1.165, 1.54) is 66.8 Å². The molecule has 0 amide bonds. The molecule has 0 N–H and O–H groups in total. The van der Waals surface area contributed by atoms with Gasteiger partial charge in [-0.3, -0.25) is 0 Å². The monoisotopic (exact) mass is 546 g/mol. The molecular weight excluding hydrogens is 516 g/mol. The van der Waals surface area contributed by atoms with Crippen molar-refractivity contribution in [1.82, 2.24) is 0 Å². The molecule has 1 aliphatic carbocycles. The van der Waals surface area contributed by atoms with Crippen LogP contribution in [0.1, 0.15) is 22.3 Å². The van der Waals surface area contributed by atoms with E-state index >= 15 is 0 Å². The fraction of sp³-hybridized carbons (Fsp3) is 0.0233. The summed E-state index contributed by atoms with van der Waals surface area (Å²) in [5.74, 6) is 0. The first-order valence-corrected chi connectivity index (χ1v) is 14.9. The van der Waals surface area contributed by atoms with Gasteiger partial charge in [0.15, 0.2) is 0 Å². The van der Waals surface area contributed by atoms with Gasteiger partial charge in [-0.2, -0.15) is 0 Å². The van der Waals surface area contributed by atoms with Gasteiger partial charge in [0.05, 0.1) is 5.41 Å². The second-order valence-corrected chi connectivity index (χ2v) is 11.3. The summed E-state index contributed by atoms with van der Waals surface area (Å²) >= 11 is 0. The Balaban J connectivity index is 1.39. The van der Waals surface area contributed by atoms with Crippen molar-refractivity contribution in [2.45, 2.75) is 5.41 Å². The van der Waals surface area contributed by atoms with Crippen molar-refractivity contribution >= 4 is 0 Å². The first kappa shape index (κ1) is 25.3. The Kier molecular flexibility index (Phi) is 6.12. The molecule has 0 saturated heterocycles. The van der Waals surface area contributed by atoms with Gasteiger partial charge >= 0.3 is 0 Å². The molecule has 0 aromatic heterocycles. The van der Waals surface area contributed by atoms with Gasteiger partial charge in [-0.25, -0.2) is 0 Å². The molecule has 8 rings (SSSR count). The van der Waals surface area contributed by atoms with E-state index in [1.807, 2.05) is 0 Å². The summed E-state index contributed by atoms with van der Waals surface area (Å²) < 4.78 is 0. The molecule has 0 spiro atoms. The average molecular weight is 547 g/mol. The third-order valence-electron chi connectivity index (χ3n) is 9.00. The van der Waals surface area contributed by atoms with E-state index in [-0.39, 0.29) is 0 Å². The molecule has 0 heterocycles. The summed E-state index contributed by atoms with van der Waals surface area (Å²) in [5, 5.41) is 0. The smallest absolute Gasteiger partial charge is 0.0622 e. The van der Waals surface area contributed by atoms with Crippen molar-refractivity contribution in [3.8, 4) is 44.5 Å². The molecule has 0 radical (unpaired) electrons. The molecule has 7 aromatic carbocycles. The molecule has 0 nitrogen and oxygen atoms in total. The van der Waals surface area contributed by atoms with E-state index in [4.69, 9.17) is 0 Å². The van der Waals surface area contributed by atoms with Crippen LogP contribution in [0.15, 0.2) is 182 Å². The van der Waals surface area contributed by atoms with Gasteiger partial charge in [0, 0.05) is 0 Å². The molecule has 0 heteroatoms. The number of hydrogen-bond acceptors (Lipinski definition) is 0. The maximum atomic E-state index is 2.43. The van der Waals surface area contributed by atoms with Crippen molar-refractivity contribution in [3.05, 3.63) is 204 Å². The minimum atomic E-state index is -0.457. The number of fused-ring (bicyclic) bond motifs is 3. The number of hydrogen-bond donors (Lipinski definition) is 0. The molecule has 0 atom stereocenters. The first-order valence-electron chi connectivity index (χ1n) is 14.9. The van der Waals surface area contributed by atoms with Crippen molar-refractivity contribution in [2.24, 2.45) is 0 Å². The minimum Gasteiger partial charge on any atom is -0.0622 e. The molecular formula is C43H30. The van der Waals surface area contributed by atoms with Crippen LogP contribution in [0.2, 0.25) is 0 Å². The lowest BCUT2D eigenvalue weighted by atomic mass is 9.67. The molecule has 0 saturated carbocycles. The molecule has 0 fully saturated rings. The van der Waals surface area contributed by atoms with Crippen molar-refractivity contribution < 1.29 is 0 Å². The molecule has 0 aliphatic heterocycles. The van der Waals surface area contributed by atoms with Crippen LogP contribution in [0.3, 0.4) is 0 Å². The third-order valence-corrected chi connectivity index (χ3v) is 9.00. The predicted octanol–water partition coefficient (Wildman–Crippen LogP) is 11.1. The third kappa shape index (κ3) is 4.15. The van der Waals surface area contributed by atoms with Crippen LogP contribution < -0.4 is 0 Å². The zero-order chi connectivity index (χ0) is 28.6. The van der Waals surface area contributed by atoms with Crippen LogP contribution in [-0.2, 0) is 5.41 Å². The van der Waals surface area contributed by atoms with Gasteiger partial charge in [0.2, 0.25) is 0 Å². The fourth-order valence-electron chi connectivity index (χ4n) is 6.96. The number of benzene rings is 7. The van der Waals surface area contributed by atoms with E-state index in [0.29, 0.717) is 0 Å². The fourth-order valence-corrected chi connectivity index (χ4v) is 6.96. The van der Waals surface area contributed by atoms with Crippen LogP contribution in [-0.4, -0.2) is 0 Å². The average Bonchev–Trinajstić information content (AvgIpc) is 3.40. The van der Waals surface area contributed by atoms with Crippen molar-refractivity contribution in [1.29, 1.82) is 0 Å². The largest absolute Gasteiger partial charge is 0.0713 e. The van der Waals surface area contributed by atoms with E-state index < -0.39 is 5.41 Å². The first-order chi connectivity index (χ1) is 21.3. The summed E-state index contributed by atoms with van der Waals surface area (Å²) in [5.41, 5.74) is 14.7. The molecule has 1 aliphatic rings. The molecule has 202 valence electrons. The minimum absolute atomic E-state index is 0.457. The molecule has 0 bridgehead atoms. The molecule has 7 aromatic rings. The maximum Gasteiger partial charge on any atom is 0.0713 e. The van der Waals surface area contributed by atoms with Gasteiger partial charge in [0.25, 0.3) is 0 Å². The Morgan fingerprint density at radius 1 is 0.256 bits per heavy atom. The highest BCUT2D eigenvalue weighted by molar-refractivity contribution is 5.88. The standard InChI is InChI=1S/C43H30/c1-4-12-31(13-5-1)34-20-25-37(26-21-34)43(38-27-22-35(23-28-38)32-14-6-2-7-15-32)41-19-11-10-18-39(41)40-29-24-36(30-42(40)43)33-16-8-3-9-17-33/h1-30H. The highest BCUT2D eigenvalue weighted by Crippen LogP contribution is 2.57. The predicted molar refractivity (Wildman–Crippen MR) is 180 cm³/mol. The maximum absolute atomic E-state index is 2.43. The quantitative estimate of drug-likeness (QED) is 0.201. The zero-order valence-corrected chi connectivity index (χ0v) is 23.8. The van der Waals surface area contributed by atoms with Crippen LogP contribution >= 0.6 is 0 Å². The summed E-state index contributed by atoms with van der Waals surface area (Å²) in [6.07, 6.45) is 0. The normalized spacial score (nSPS) is 12.8. The topological polar surface area (TPSA) is 0 Å². The van der Waals surface area contributed by atoms with Gasteiger partial charge in [-0.1, -0.05) is 176 Å². The Morgan fingerprint density at radius 3 is 1.14 bits per heavy atom. The van der Waals surface area contributed by atoms with Crippen molar-refractivity contribution in [3.63, 3.8) is 0 Å². The Morgan fingerprint density at radius 2 is 0.628 bits per heavy atom. The van der Waals surface area contributed by atoms with E-state index in [1.54, 1.807) is 0 Å². The summed E-state index contributed by atoms with van der Waals surface area (Å²) in [6, 6.07) is 66.5. The summed E-state index contributed by atoms with van der Waals surface area (Å²) in [6.45, 7) is 0. The Bertz CT molecular complexity index is 1940. The van der Waals surface area contributed by atoms with E-state index in [9.17, 15) is 0 Å². The lowest BCUT2D eigenvalue weighted by molar-refractivity contribution is 0.769. The SMILES string of the molecule is c1ccc(-c2ccc(C3(c4ccc(-c5ccccc5)cc4)c4ccccc4-c4ccc(-c5ccccc5)cc43)cc2)cc1. The lowest BCUT2D eigenvalue weighted by Crippen LogP contribution is -2.28. The molecule has 43 heavy (non-hydrogen) atoms. The van der Waals surface area contributed by atoms with Crippen LogP contribution in [0.5, 0.6) is 0 Å². The van der Waals surface area contributed by atoms with E-state index in [2.05, 4.69) is 182 Å². The highest BCUT2D eigenvalue weighted by Gasteiger charge is 2.46. The molecule has 0 unspecified atom stereocenters. The second kappa shape index (κ2) is 10.4. The van der Waals surface area contributed by atoms with Gasteiger partial charge in [0.1, 0.15) is 0 Å². The Labute approximate surface area is 253 Å². The van der Waals surface area contributed by atoms with Crippen LogP contribution in [0.25, 0.3) is 44.5 Å². The van der Waals surface area contributed by atoms with Gasteiger partial charge < -0.3 is 0 Å². The second-order valence-electron chi connectivity index (χ2n) is 11.3. The van der Waals surface area contributed by atoms with Crippen molar-refractivity contribution in [2.75, 3.05) is 0 Å². The zero-order valence-electron chi connectivity index (χ0n) is 23.8. The number of rotatable bonds is 5. The van der Waals surface area contributed by atoms with Gasteiger partial charge in [-0.15, -0.1) is 0 Å². The van der Waals surface area contributed by atoms with Crippen LogP contribution in [0, 0.1) is 0 Å². The Hall–Kier alpha value is -5.46.